The molecule has 0 bridgehead atoms. The Morgan fingerprint density at radius 3 is 1.46 bits per heavy atom. The predicted molar refractivity (Wildman–Crippen MR) is 93.5 cm³/mol. The molecule has 1 rings (SSSR count). The van der Waals surface area contributed by atoms with Crippen LogP contribution in [0, 0.1) is 0 Å². The maximum atomic E-state index is 13.3. The Balaban J connectivity index is 3.15. The molecule has 0 atom stereocenters. The molecule has 0 spiro atoms. The molecule has 0 aliphatic heterocycles. The maximum absolute atomic E-state index is 13.3. The highest BCUT2D eigenvalue weighted by Gasteiger charge is 2.53. The fraction of sp³-hybridized carbons (Fsp3) is 1.00. The molecule has 0 aromatic carbocycles. The molecular formula is C15H32O7P2. The molecule has 1 saturated carbocycles. The summed E-state index contributed by atoms with van der Waals surface area (Å²) < 4.78 is 54.1. The van der Waals surface area contributed by atoms with Crippen LogP contribution in [0.15, 0.2) is 0 Å². The first kappa shape index (κ1) is 22.3. The normalized spacial score (nSPS) is 17.5. The molecule has 0 aromatic rings. The first-order valence-corrected chi connectivity index (χ1v) is 12.1. The summed E-state index contributed by atoms with van der Waals surface area (Å²) in [6.45, 7) is 7.43. The van der Waals surface area contributed by atoms with Crippen LogP contribution in [0.1, 0.15) is 59.8 Å². The molecule has 0 unspecified atom stereocenters. The lowest BCUT2D eigenvalue weighted by Gasteiger charge is -2.34. The average molecular weight is 386 g/mol. The minimum absolute atomic E-state index is 0.146. The molecule has 1 fully saturated rings. The van der Waals surface area contributed by atoms with E-state index in [4.69, 9.17) is 22.8 Å². The van der Waals surface area contributed by atoms with Crippen LogP contribution in [-0.4, -0.2) is 38.1 Å². The Kier molecular flexibility index (Phi) is 10.3. The molecule has 0 radical (unpaired) electrons. The zero-order valence-electron chi connectivity index (χ0n) is 15.3. The molecule has 24 heavy (non-hydrogen) atoms. The maximum Gasteiger partial charge on any atom is 0.371 e. The van der Waals surface area contributed by atoms with Gasteiger partial charge in [-0.3, -0.25) is 9.13 Å². The van der Waals surface area contributed by atoms with Crippen LogP contribution in [0.5, 0.6) is 0 Å². The highest BCUT2D eigenvalue weighted by Crippen LogP contribution is 2.71. The van der Waals surface area contributed by atoms with Gasteiger partial charge in [0.25, 0.3) is 5.59 Å². The molecule has 0 heterocycles. The zero-order chi connectivity index (χ0) is 18.1. The fourth-order valence-corrected chi connectivity index (χ4v) is 7.67. The third-order valence-corrected chi connectivity index (χ3v) is 9.14. The lowest BCUT2D eigenvalue weighted by molar-refractivity contribution is 0.00801. The van der Waals surface area contributed by atoms with E-state index in [0.717, 1.165) is 32.1 Å². The van der Waals surface area contributed by atoms with Gasteiger partial charge in [-0.1, -0.05) is 19.3 Å². The van der Waals surface area contributed by atoms with Crippen molar-refractivity contribution >= 4 is 15.2 Å². The van der Waals surface area contributed by atoms with Gasteiger partial charge in [0, 0.05) is 0 Å². The second-order valence-electron chi connectivity index (χ2n) is 5.47. The van der Waals surface area contributed by atoms with Crippen molar-refractivity contribution < 1.29 is 32.0 Å². The molecule has 0 N–H and O–H groups in total. The fourth-order valence-electron chi connectivity index (χ4n) is 2.74. The first-order valence-electron chi connectivity index (χ1n) is 8.88. The third-order valence-electron chi connectivity index (χ3n) is 3.64. The number of hydrogen-bond acceptors (Lipinski definition) is 7. The van der Waals surface area contributed by atoms with E-state index >= 15 is 0 Å². The first-order chi connectivity index (χ1) is 11.5. The van der Waals surface area contributed by atoms with Crippen LogP contribution < -0.4 is 0 Å². The van der Waals surface area contributed by atoms with Crippen molar-refractivity contribution in [1.82, 2.24) is 0 Å². The summed E-state index contributed by atoms with van der Waals surface area (Å²) >= 11 is 0. The van der Waals surface area contributed by atoms with Gasteiger partial charge >= 0.3 is 15.2 Å². The van der Waals surface area contributed by atoms with E-state index in [-0.39, 0.29) is 32.5 Å². The summed E-state index contributed by atoms with van der Waals surface area (Å²) in [6.07, 6.45) is 4.71. The monoisotopic (exact) mass is 386 g/mol. The molecule has 0 amide bonds. The smallest absolute Gasteiger partial charge is 0.351 e. The summed E-state index contributed by atoms with van der Waals surface area (Å²) in [4.78, 5) is 0. The van der Waals surface area contributed by atoms with E-state index in [2.05, 4.69) is 0 Å². The van der Waals surface area contributed by atoms with E-state index in [1.807, 2.05) is 0 Å². The second kappa shape index (κ2) is 11.1. The summed E-state index contributed by atoms with van der Waals surface area (Å²) in [7, 11) is -7.62. The van der Waals surface area contributed by atoms with Gasteiger partial charge in [0.2, 0.25) is 0 Å². The molecular weight excluding hydrogens is 354 g/mol. The van der Waals surface area contributed by atoms with Crippen molar-refractivity contribution in [3.8, 4) is 0 Å². The zero-order valence-corrected chi connectivity index (χ0v) is 17.1. The summed E-state index contributed by atoms with van der Waals surface area (Å²) in [5.74, 6) is 0. The summed E-state index contributed by atoms with van der Waals surface area (Å²) in [5.41, 5.74) is -1.35. The van der Waals surface area contributed by atoms with Crippen molar-refractivity contribution in [3.05, 3.63) is 0 Å². The lowest BCUT2D eigenvalue weighted by atomic mass is 9.98. The standard InChI is InChI=1S/C15H32O7P2/c1-5-18-23(16,19-6-2)15(22-14-12-10-9-11-13-14)24(17,20-7-3)21-8-4/h14-15H,5-13H2,1-4H3. The SMILES string of the molecule is CCOP(=O)(OCC)C(OC1CCCCC1)P(=O)(OCC)OCC. The third kappa shape index (κ3) is 6.21. The van der Waals surface area contributed by atoms with E-state index in [1.54, 1.807) is 27.7 Å². The second-order valence-corrected chi connectivity index (χ2v) is 10.0. The molecule has 0 aromatic heterocycles. The van der Waals surface area contributed by atoms with Gasteiger partial charge in [-0.25, -0.2) is 0 Å². The molecule has 9 heteroatoms. The Hall–Kier alpha value is 0.260. The van der Waals surface area contributed by atoms with E-state index in [1.165, 1.54) is 0 Å². The van der Waals surface area contributed by atoms with E-state index < -0.39 is 20.8 Å². The predicted octanol–water partition coefficient (Wildman–Crippen LogP) is 5.15. The minimum Gasteiger partial charge on any atom is -0.351 e. The van der Waals surface area contributed by atoms with Crippen LogP contribution in [0.4, 0.5) is 0 Å². The van der Waals surface area contributed by atoms with Crippen LogP contribution in [0.3, 0.4) is 0 Å². The Morgan fingerprint density at radius 1 is 0.750 bits per heavy atom. The van der Waals surface area contributed by atoms with Crippen molar-refractivity contribution in [2.24, 2.45) is 0 Å². The Morgan fingerprint density at radius 2 is 1.12 bits per heavy atom. The lowest BCUT2D eigenvalue weighted by Crippen LogP contribution is -2.27. The molecule has 0 saturated heterocycles. The molecule has 1 aliphatic carbocycles. The van der Waals surface area contributed by atoms with Gasteiger partial charge in [-0.05, 0) is 40.5 Å². The topological polar surface area (TPSA) is 80.3 Å². The molecule has 7 nitrogen and oxygen atoms in total. The van der Waals surface area contributed by atoms with Gasteiger partial charge in [-0.15, -0.1) is 0 Å². The minimum atomic E-state index is -3.81. The van der Waals surface area contributed by atoms with Crippen LogP contribution >= 0.6 is 15.2 Å². The quantitative estimate of drug-likeness (QED) is 0.429. The highest BCUT2D eigenvalue weighted by atomic mass is 31.2. The summed E-state index contributed by atoms with van der Waals surface area (Å²) in [5, 5.41) is 0. The van der Waals surface area contributed by atoms with Crippen molar-refractivity contribution in [2.45, 2.75) is 71.5 Å². The largest absolute Gasteiger partial charge is 0.371 e. The number of ether oxygens (including phenoxy) is 1. The van der Waals surface area contributed by atoms with Gasteiger partial charge in [0.1, 0.15) is 0 Å². The van der Waals surface area contributed by atoms with Crippen LogP contribution in [0.2, 0.25) is 0 Å². The van der Waals surface area contributed by atoms with Gasteiger partial charge in [0.15, 0.2) is 0 Å². The van der Waals surface area contributed by atoms with E-state index in [0.29, 0.717) is 0 Å². The van der Waals surface area contributed by atoms with Crippen LogP contribution in [0.25, 0.3) is 0 Å². The molecule has 1 aliphatic rings. The Labute approximate surface area is 145 Å². The van der Waals surface area contributed by atoms with Gasteiger partial charge in [0.05, 0.1) is 32.5 Å². The van der Waals surface area contributed by atoms with Gasteiger partial charge < -0.3 is 22.8 Å². The van der Waals surface area contributed by atoms with Crippen molar-refractivity contribution in [1.29, 1.82) is 0 Å². The summed E-state index contributed by atoms with van der Waals surface area (Å²) in [6, 6.07) is 0. The van der Waals surface area contributed by atoms with Crippen LogP contribution in [-0.2, 0) is 32.0 Å². The number of hydrogen-bond donors (Lipinski definition) is 0. The van der Waals surface area contributed by atoms with Gasteiger partial charge in [-0.2, -0.15) is 0 Å². The van der Waals surface area contributed by atoms with Crippen molar-refractivity contribution in [3.63, 3.8) is 0 Å². The Bertz CT molecular complexity index is 388. The number of rotatable bonds is 12. The van der Waals surface area contributed by atoms with E-state index in [9.17, 15) is 9.13 Å². The molecule has 144 valence electrons. The highest BCUT2D eigenvalue weighted by molar-refractivity contribution is 7.72. The van der Waals surface area contributed by atoms with Crippen molar-refractivity contribution in [2.75, 3.05) is 26.4 Å². The average Bonchev–Trinajstić information content (AvgIpc) is 2.54.